The molecule has 2 N–H and O–H groups in total. The Bertz CT molecular complexity index is 403. The fourth-order valence-corrected chi connectivity index (χ4v) is 2.12. The molecule has 0 fully saturated rings. The summed E-state index contributed by atoms with van der Waals surface area (Å²) >= 11 is 3.26. The van der Waals surface area contributed by atoms with Crippen molar-refractivity contribution in [1.82, 2.24) is 9.97 Å². The molecule has 0 spiro atoms. The molecule has 0 atom stereocenters. The third kappa shape index (κ3) is 6.33. The Labute approximate surface area is 122 Å². The van der Waals surface area contributed by atoms with Crippen LogP contribution in [0.25, 0.3) is 0 Å². The van der Waals surface area contributed by atoms with Crippen molar-refractivity contribution >= 4 is 39.3 Å². The highest BCUT2D eigenvalue weighted by molar-refractivity contribution is 9.10. The summed E-state index contributed by atoms with van der Waals surface area (Å²) in [4.78, 5) is 8.03. The largest absolute Gasteiger partial charge is 0.441 e. The van der Waals surface area contributed by atoms with Gasteiger partial charge in [-0.25, -0.2) is 9.97 Å². The van der Waals surface area contributed by atoms with Gasteiger partial charge in [0.1, 0.15) is 22.4 Å². The van der Waals surface area contributed by atoms with Crippen LogP contribution in [0.3, 0.4) is 0 Å². The fraction of sp³-hybridized carbons (Fsp3) is 0.600. The van der Waals surface area contributed by atoms with Crippen molar-refractivity contribution in [3.63, 3.8) is 0 Å². The molecular formula is C10H14BrF3N4S. The Kier molecular flexibility index (Phi) is 6.70. The van der Waals surface area contributed by atoms with Gasteiger partial charge in [0.25, 0.3) is 0 Å². The van der Waals surface area contributed by atoms with Crippen LogP contribution in [0, 0.1) is 0 Å². The van der Waals surface area contributed by atoms with Crippen molar-refractivity contribution in [2.24, 2.45) is 0 Å². The van der Waals surface area contributed by atoms with Gasteiger partial charge in [0.05, 0.1) is 0 Å². The molecule has 1 aromatic rings. The van der Waals surface area contributed by atoms with Gasteiger partial charge in [0.2, 0.25) is 0 Å². The van der Waals surface area contributed by atoms with E-state index in [-0.39, 0.29) is 24.1 Å². The van der Waals surface area contributed by atoms with Crippen molar-refractivity contribution in [3.05, 3.63) is 10.8 Å². The van der Waals surface area contributed by atoms with E-state index in [0.717, 1.165) is 13.0 Å². The Morgan fingerprint density at radius 2 is 1.79 bits per heavy atom. The van der Waals surface area contributed by atoms with E-state index >= 15 is 0 Å². The van der Waals surface area contributed by atoms with Gasteiger partial charge in [0.15, 0.2) is 0 Å². The van der Waals surface area contributed by atoms with Crippen LogP contribution in [0.15, 0.2) is 10.8 Å². The number of halogens is 4. The third-order valence-corrected chi connectivity index (χ3v) is 3.48. The predicted molar refractivity (Wildman–Crippen MR) is 75.5 cm³/mol. The van der Waals surface area contributed by atoms with Crippen LogP contribution >= 0.6 is 27.7 Å². The number of anilines is 2. The van der Waals surface area contributed by atoms with Gasteiger partial charge in [-0.1, -0.05) is 6.92 Å². The second-order valence-corrected chi connectivity index (χ2v) is 5.49. The second kappa shape index (κ2) is 7.78. The van der Waals surface area contributed by atoms with Crippen molar-refractivity contribution in [2.75, 3.05) is 29.5 Å². The summed E-state index contributed by atoms with van der Waals surface area (Å²) in [6.45, 7) is 2.96. The van der Waals surface area contributed by atoms with Gasteiger partial charge < -0.3 is 10.6 Å². The van der Waals surface area contributed by atoms with E-state index in [0.29, 0.717) is 16.1 Å². The lowest BCUT2D eigenvalue weighted by atomic mass is 10.4. The van der Waals surface area contributed by atoms with Crippen molar-refractivity contribution in [2.45, 2.75) is 18.9 Å². The molecule has 0 aromatic carbocycles. The van der Waals surface area contributed by atoms with E-state index < -0.39 is 5.51 Å². The zero-order chi connectivity index (χ0) is 14.3. The minimum atomic E-state index is -4.20. The molecule has 9 heteroatoms. The number of hydrogen-bond donors (Lipinski definition) is 2. The van der Waals surface area contributed by atoms with E-state index in [1.807, 2.05) is 6.92 Å². The maximum Gasteiger partial charge on any atom is 0.441 e. The molecular weight excluding hydrogens is 345 g/mol. The average Bonchev–Trinajstić information content (AvgIpc) is 2.33. The number of rotatable bonds is 7. The first-order valence-corrected chi connectivity index (χ1v) is 7.41. The van der Waals surface area contributed by atoms with Crippen LogP contribution in [-0.4, -0.2) is 34.3 Å². The molecule has 0 aliphatic carbocycles. The summed E-state index contributed by atoms with van der Waals surface area (Å²) < 4.78 is 36.5. The molecule has 4 nitrogen and oxygen atoms in total. The quantitative estimate of drug-likeness (QED) is 0.727. The van der Waals surface area contributed by atoms with E-state index in [2.05, 4.69) is 36.5 Å². The summed E-state index contributed by atoms with van der Waals surface area (Å²) in [7, 11) is 0. The topological polar surface area (TPSA) is 49.8 Å². The highest BCUT2D eigenvalue weighted by Gasteiger charge is 2.27. The Balaban J connectivity index is 2.49. The molecule has 1 heterocycles. The normalized spacial score (nSPS) is 11.4. The van der Waals surface area contributed by atoms with Gasteiger partial charge in [-0.05, 0) is 34.1 Å². The smallest absolute Gasteiger partial charge is 0.369 e. The lowest BCUT2D eigenvalue weighted by molar-refractivity contribution is -0.0327. The molecule has 19 heavy (non-hydrogen) atoms. The second-order valence-electron chi connectivity index (χ2n) is 3.53. The van der Waals surface area contributed by atoms with E-state index in [1.165, 1.54) is 6.33 Å². The molecule has 0 amide bonds. The first-order chi connectivity index (χ1) is 8.94. The minimum absolute atomic E-state index is 0.0601. The molecule has 0 unspecified atom stereocenters. The van der Waals surface area contributed by atoms with Crippen molar-refractivity contribution in [3.8, 4) is 0 Å². The summed E-state index contributed by atoms with van der Waals surface area (Å²) in [6, 6.07) is 0. The van der Waals surface area contributed by atoms with Gasteiger partial charge in [-0.15, -0.1) is 0 Å². The van der Waals surface area contributed by atoms with E-state index in [9.17, 15) is 13.2 Å². The molecule has 1 rings (SSSR count). The first-order valence-electron chi connectivity index (χ1n) is 5.63. The Morgan fingerprint density at radius 3 is 2.32 bits per heavy atom. The summed E-state index contributed by atoms with van der Waals surface area (Å²) in [6.07, 6.45) is 2.31. The van der Waals surface area contributed by atoms with Crippen LogP contribution in [0.1, 0.15) is 13.3 Å². The Hall–Kier alpha value is -0.700. The summed E-state index contributed by atoms with van der Waals surface area (Å²) in [5, 5.41) is 5.94. The first kappa shape index (κ1) is 16.4. The zero-order valence-electron chi connectivity index (χ0n) is 10.2. The highest BCUT2D eigenvalue weighted by atomic mass is 79.9. The van der Waals surface area contributed by atoms with Gasteiger partial charge >= 0.3 is 5.51 Å². The minimum Gasteiger partial charge on any atom is -0.369 e. The van der Waals surface area contributed by atoms with Crippen molar-refractivity contribution < 1.29 is 13.2 Å². The lowest BCUT2D eigenvalue weighted by Gasteiger charge is -2.11. The summed E-state index contributed by atoms with van der Waals surface area (Å²) in [5.41, 5.74) is -4.20. The lowest BCUT2D eigenvalue weighted by Crippen LogP contribution is -2.12. The SMILES string of the molecule is CCCNc1ncnc(NCCSC(F)(F)F)c1Br. The maximum atomic E-state index is 12.0. The fourth-order valence-electron chi connectivity index (χ4n) is 1.20. The molecule has 0 bridgehead atoms. The number of thioether (sulfide) groups is 1. The number of nitrogens with one attached hydrogen (secondary N) is 2. The van der Waals surface area contributed by atoms with Gasteiger partial charge in [0, 0.05) is 18.8 Å². The van der Waals surface area contributed by atoms with Crippen LogP contribution in [0.2, 0.25) is 0 Å². The third-order valence-electron chi connectivity index (χ3n) is 1.99. The number of hydrogen-bond acceptors (Lipinski definition) is 5. The highest BCUT2D eigenvalue weighted by Crippen LogP contribution is 2.30. The number of nitrogens with zero attached hydrogens (tertiary/aromatic N) is 2. The van der Waals surface area contributed by atoms with Gasteiger partial charge in [-0.2, -0.15) is 13.2 Å². The number of aromatic nitrogens is 2. The number of alkyl halides is 3. The molecule has 0 saturated heterocycles. The molecule has 0 aliphatic rings. The molecule has 0 radical (unpaired) electrons. The zero-order valence-corrected chi connectivity index (χ0v) is 12.6. The maximum absolute atomic E-state index is 12.0. The van der Waals surface area contributed by atoms with Crippen LogP contribution in [0.5, 0.6) is 0 Å². The van der Waals surface area contributed by atoms with Crippen LogP contribution in [-0.2, 0) is 0 Å². The van der Waals surface area contributed by atoms with Crippen LogP contribution in [0.4, 0.5) is 24.8 Å². The summed E-state index contributed by atoms with van der Waals surface area (Å²) in [5.74, 6) is 1.04. The predicted octanol–water partition coefficient (Wildman–Crippen LogP) is 3.73. The van der Waals surface area contributed by atoms with Crippen molar-refractivity contribution in [1.29, 1.82) is 0 Å². The molecule has 1 aromatic heterocycles. The monoisotopic (exact) mass is 358 g/mol. The molecule has 0 aliphatic heterocycles. The standard InChI is InChI=1S/C10H14BrF3N4S/c1-2-3-15-8-7(11)9(18-6-17-8)16-4-5-19-10(12,13)14/h6H,2-5H2,1H3,(H2,15,16,17,18). The molecule has 0 saturated carbocycles. The van der Waals surface area contributed by atoms with Crippen LogP contribution < -0.4 is 10.6 Å². The van der Waals surface area contributed by atoms with Gasteiger partial charge in [-0.3, -0.25) is 0 Å². The average molecular weight is 359 g/mol. The van der Waals surface area contributed by atoms with E-state index in [4.69, 9.17) is 0 Å². The Morgan fingerprint density at radius 1 is 1.21 bits per heavy atom. The molecule has 108 valence electrons. The van der Waals surface area contributed by atoms with E-state index in [1.54, 1.807) is 0 Å².